The van der Waals surface area contributed by atoms with Crippen molar-refractivity contribution in [2.24, 2.45) is 0 Å². The number of nitrogens with zero attached hydrogens (tertiary/aromatic N) is 2. The number of anilines is 1. The molecule has 0 fully saturated rings. The summed E-state index contributed by atoms with van der Waals surface area (Å²) in [4.78, 5) is 6.20. The van der Waals surface area contributed by atoms with E-state index in [9.17, 15) is 0 Å². The maximum absolute atomic E-state index is 4.84. The minimum atomic E-state index is 0.136. The van der Waals surface area contributed by atoms with Crippen molar-refractivity contribution >= 4 is 49.9 Å². The van der Waals surface area contributed by atoms with E-state index in [1.165, 1.54) is 10.4 Å². The predicted molar refractivity (Wildman–Crippen MR) is 113 cm³/mol. The number of para-hydroxylation sites is 2. The third kappa shape index (κ3) is 2.50. The molecular formula is C21H16BrN3S. The molecule has 0 radical (unpaired) electrons. The molecular weight excluding hydrogens is 406 g/mol. The fraction of sp³-hybridized carbons (Fsp3) is 0.0952. The Kier molecular flexibility index (Phi) is 3.72. The first-order chi connectivity index (χ1) is 12.7. The van der Waals surface area contributed by atoms with E-state index in [1.807, 2.05) is 6.07 Å². The molecule has 1 aliphatic rings. The lowest BCUT2D eigenvalue weighted by Gasteiger charge is -2.26. The standard InChI is InChI=1S/C21H16BrN3S/c1-13-10-11-26-20(13)19-12-17(14-6-8-15(22)9-7-14)24-21-23-16-4-2-3-5-18(16)25(19)21/h2-12,19H,1H3,(H,23,24). The monoisotopic (exact) mass is 421 g/mol. The van der Waals surface area contributed by atoms with Crippen LogP contribution in [-0.4, -0.2) is 9.55 Å². The van der Waals surface area contributed by atoms with Crippen LogP contribution in [-0.2, 0) is 0 Å². The van der Waals surface area contributed by atoms with Crippen molar-refractivity contribution in [2.45, 2.75) is 13.0 Å². The topological polar surface area (TPSA) is 29.9 Å². The van der Waals surface area contributed by atoms with Crippen LogP contribution in [0.2, 0.25) is 0 Å². The van der Waals surface area contributed by atoms with Gasteiger partial charge in [0.2, 0.25) is 5.95 Å². The van der Waals surface area contributed by atoms with Crippen molar-refractivity contribution in [2.75, 3.05) is 5.32 Å². The van der Waals surface area contributed by atoms with E-state index in [0.717, 1.165) is 32.7 Å². The van der Waals surface area contributed by atoms with Crippen LogP contribution >= 0.6 is 27.3 Å². The van der Waals surface area contributed by atoms with Gasteiger partial charge in [-0.25, -0.2) is 4.98 Å². The normalized spacial score (nSPS) is 16.2. The molecule has 26 heavy (non-hydrogen) atoms. The zero-order valence-electron chi connectivity index (χ0n) is 14.1. The summed E-state index contributed by atoms with van der Waals surface area (Å²) in [5, 5.41) is 5.70. The average molecular weight is 422 g/mol. The predicted octanol–water partition coefficient (Wildman–Crippen LogP) is 6.22. The van der Waals surface area contributed by atoms with Gasteiger partial charge in [0.05, 0.1) is 17.1 Å². The summed E-state index contributed by atoms with van der Waals surface area (Å²) >= 11 is 5.32. The average Bonchev–Trinajstić information content (AvgIpc) is 3.24. The number of fused-ring (bicyclic) bond motifs is 3. The molecule has 0 saturated heterocycles. The first-order valence-electron chi connectivity index (χ1n) is 8.46. The molecule has 1 aliphatic heterocycles. The summed E-state index contributed by atoms with van der Waals surface area (Å²) < 4.78 is 3.38. The van der Waals surface area contributed by atoms with Gasteiger partial charge in [0.25, 0.3) is 0 Å². The van der Waals surface area contributed by atoms with Gasteiger partial charge in [-0.1, -0.05) is 40.2 Å². The van der Waals surface area contributed by atoms with E-state index in [2.05, 4.69) is 92.7 Å². The Balaban J connectivity index is 1.73. The molecule has 3 heterocycles. The number of aromatic nitrogens is 2. The van der Waals surface area contributed by atoms with Crippen LogP contribution in [0, 0.1) is 6.92 Å². The van der Waals surface area contributed by atoms with Gasteiger partial charge in [0.15, 0.2) is 0 Å². The second-order valence-electron chi connectivity index (χ2n) is 6.42. The second-order valence-corrected chi connectivity index (χ2v) is 8.28. The van der Waals surface area contributed by atoms with Crippen LogP contribution in [0.4, 0.5) is 5.95 Å². The molecule has 128 valence electrons. The highest BCUT2D eigenvalue weighted by atomic mass is 79.9. The molecule has 1 N–H and O–H groups in total. The van der Waals surface area contributed by atoms with Gasteiger partial charge < -0.3 is 5.32 Å². The van der Waals surface area contributed by atoms with Crippen LogP contribution in [0.3, 0.4) is 0 Å². The number of halogens is 1. The third-order valence-electron chi connectivity index (χ3n) is 4.77. The number of benzene rings is 2. The van der Waals surface area contributed by atoms with E-state index in [0.29, 0.717) is 0 Å². The van der Waals surface area contributed by atoms with Gasteiger partial charge in [-0.15, -0.1) is 11.3 Å². The molecule has 0 amide bonds. The molecule has 0 saturated carbocycles. The Hall–Kier alpha value is -2.37. The Morgan fingerprint density at radius 1 is 1.08 bits per heavy atom. The molecule has 5 rings (SSSR count). The minimum Gasteiger partial charge on any atom is -0.325 e. The van der Waals surface area contributed by atoms with Gasteiger partial charge in [0.1, 0.15) is 0 Å². The SMILES string of the molecule is Cc1ccsc1C1C=C(c2ccc(Br)cc2)Nc2nc3ccccc3n21. The molecule has 2 aromatic carbocycles. The fourth-order valence-corrected chi connectivity index (χ4v) is 4.74. The van der Waals surface area contributed by atoms with Crippen molar-refractivity contribution in [1.29, 1.82) is 0 Å². The van der Waals surface area contributed by atoms with E-state index in [1.54, 1.807) is 11.3 Å². The van der Waals surface area contributed by atoms with Crippen molar-refractivity contribution in [1.82, 2.24) is 9.55 Å². The summed E-state index contributed by atoms with van der Waals surface area (Å²) in [6.07, 6.45) is 2.31. The molecule has 0 spiro atoms. The quantitative estimate of drug-likeness (QED) is 0.415. The smallest absolute Gasteiger partial charge is 0.209 e. The summed E-state index contributed by atoms with van der Waals surface area (Å²) in [5.41, 5.74) is 5.74. The largest absolute Gasteiger partial charge is 0.325 e. The summed E-state index contributed by atoms with van der Waals surface area (Å²) in [7, 11) is 0. The molecule has 0 aliphatic carbocycles. The summed E-state index contributed by atoms with van der Waals surface area (Å²) in [6.45, 7) is 2.18. The van der Waals surface area contributed by atoms with Gasteiger partial charge in [-0.2, -0.15) is 0 Å². The highest BCUT2D eigenvalue weighted by Gasteiger charge is 2.26. The number of hydrogen-bond acceptors (Lipinski definition) is 3. The maximum atomic E-state index is 4.84. The van der Waals surface area contributed by atoms with Crippen LogP contribution < -0.4 is 5.32 Å². The number of rotatable bonds is 2. The van der Waals surface area contributed by atoms with E-state index in [4.69, 9.17) is 4.98 Å². The second kappa shape index (κ2) is 6.11. The first-order valence-corrected chi connectivity index (χ1v) is 10.1. The fourth-order valence-electron chi connectivity index (χ4n) is 3.49. The zero-order valence-corrected chi connectivity index (χ0v) is 16.5. The lowest BCUT2D eigenvalue weighted by atomic mass is 10.0. The minimum absolute atomic E-state index is 0.136. The third-order valence-corrected chi connectivity index (χ3v) is 6.39. The highest BCUT2D eigenvalue weighted by molar-refractivity contribution is 9.10. The van der Waals surface area contributed by atoms with Crippen LogP contribution in [0.15, 0.2) is 70.5 Å². The first kappa shape index (κ1) is 15.9. The highest BCUT2D eigenvalue weighted by Crippen LogP contribution is 2.39. The van der Waals surface area contributed by atoms with Gasteiger partial charge in [-0.3, -0.25) is 4.57 Å². The molecule has 1 atom stereocenters. The van der Waals surface area contributed by atoms with E-state index >= 15 is 0 Å². The zero-order chi connectivity index (χ0) is 17.7. The van der Waals surface area contributed by atoms with Crippen molar-refractivity contribution in [3.63, 3.8) is 0 Å². The number of thiophene rings is 1. The van der Waals surface area contributed by atoms with E-state index in [-0.39, 0.29) is 6.04 Å². The lowest BCUT2D eigenvalue weighted by molar-refractivity contribution is 0.729. The number of hydrogen-bond donors (Lipinski definition) is 1. The lowest BCUT2D eigenvalue weighted by Crippen LogP contribution is -2.18. The molecule has 2 aromatic heterocycles. The van der Waals surface area contributed by atoms with Crippen LogP contribution in [0.25, 0.3) is 16.7 Å². The molecule has 5 heteroatoms. The number of imidazole rings is 1. The van der Waals surface area contributed by atoms with Crippen LogP contribution in [0.5, 0.6) is 0 Å². The molecule has 3 nitrogen and oxygen atoms in total. The van der Waals surface area contributed by atoms with Crippen molar-refractivity contribution < 1.29 is 0 Å². The maximum Gasteiger partial charge on any atom is 0.209 e. The Morgan fingerprint density at radius 2 is 1.88 bits per heavy atom. The molecule has 1 unspecified atom stereocenters. The number of allylic oxidation sites excluding steroid dienone is 1. The molecule has 0 bridgehead atoms. The number of nitrogens with one attached hydrogen (secondary N) is 1. The van der Waals surface area contributed by atoms with Crippen molar-refractivity contribution in [3.8, 4) is 0 Å². The van der Waals surface area contributed by atoms with Crippen LogP contribution in [0.1, 0.15) is 22.0 Å². The molecule has 4 aromatic rings. The Bertz CT molecular complexity index is 1140. The van der Waals surface area contributed by atoms with E-state index < -0.39 is 0 Å². The van der Waals surface area contributed by atoms with Gasteiger partial charge >= 0.3 is 0 Å². The summed E-state index contributed by atoms with van der Waals surface area (Å²) in [6, 6.07) is 19.0. The Morgan fingerprint density at radius 3 is 2.65 bits per heavy atom. The van der Waals surface area contributed by atoms with Gasteiger partial charge in [-0.05, 0) is 59.8 Å². The van der Waals surface area contributed by atoms with Gasteiger partial charge in [0, 0.05) is 15.0 Å². The Labute approximate surface area is 164 Å². The van der Waals surface area contributed by atoms with Crippen molar-refractivity contribution in [3.05, 3.63) is 86.5 Å². The number of aryl methyl sites for hydroxylation is 1. The summed E-state index contributed by atoms with van der Waals surface area (Å²) in [5.74, 6) is 0.893.